The standard InChI is InChI=1S/C20H26N2O2/c1-2-11-24-19-12-18(13-21-14-19)20(23)9-6-10-22(16-20)15-17-7-4-3-5-8-17/h3-5,7-8,12-14,23H,2,6,9-11,15-16H2,1H3. The van der Waals surface area contributed by atoms with Gasteiger partial charge in [-0.15, -0.1) is 0 Å². The summed E-state index contributed by atoms with van der Waals surface area (Å²) in [5, 5.41) is 11.2. The van der Waals surface area contributed by atoms with E-state index in [1.54, 1.807) is 12.4 Å². The third kappa shape index (κ3) is 4.13. The fourth-order valence-corrected chi connectivity index (χ4v) is 3.31. The van der Waals surface area contributed by atoms with Crippen LogP contribution in [0.2, 0.25) is 0 Å². The molecule has 0 bridgehead atoms. The van der Waals surface area contributed by atoms with Gasteiger partial charge in [0.2, 0.25) is 0 Å². The molecule has 1 aromatic heterocycles. The van der Waals surface area contributed by atoms with Crippen LogP contribution in [-0.2, 0) is 12.1 Å². The van der Waals surface area contributed by atoms with Crippen molar-refractivity contribution in [2.75, 3.05) is 19.7 Å². The lowest BCUT2D eigenvalue weighted by molar-refractivity contribution is -0.0385. The van der Waals surface area contributed by atoms with Gasteiger partial charge in [0.25, 0.3) is 0 Å². The van der Waals surface area contributed by atoms with E-state index in [-0.39, 0.29) is 0 Å². The van der Waals surface area contributed by atoms with E-state index in [2.05, 4.69) is 41.1 Å². The molecule has 1 aliphatic heterocycles. The number of hydrogen-bond donors (Lipinski definition) is 1. The Morgan fingerprint density at radius 2 is 2.08 bits per heavy atom. The summed E-state index contributed by atoms with van der Waals surface area (Å²) in [7, 11) is 0. The highest BCUT2D eigenvalue weighted by Crippen LogP contribution is 2.33. The number of pyridine rings is 1. The molecule has 0 radical (unpaired) electrons. The first-order valence-corrected chi connectivity index (χ1v) is 8.76. The van der Waals surface area contributed by atoms with Crippen LogP contribution >= 0.6 is 0 Å². The molecule has 128 valence electrons. The molecule has 1 aromatic carbocycles. The van der Waals surface area contributed by atoms with Gasteiger partial charge in [-0.25, -0.2) is 0 Å². The van der Waals surface area contributed by atoms with Crippen LogP contribution in [0.15, 0.2) is 48.8 Å². The van der Waals surface area contributed by atoms with Crippen molar-refractivity contribution in [3.8, 4) is 5.75 Å². The molecular formula is C20H26N2O2. The van der Waals surface area contributed by atoms with Gasteiger partial charge < -0.3 is 9.84 Å². The maximum atomic E-state index is 11.2. The maximum Gasteiger partial charge on any atom is 0.137 e. The van der Waals surface area contributed by atoms with Gasteiger partial charge in [0, 0.05) is 24.8 Å². The Hall–Kier alpha value is -1.91. The van der Waals surface area contributed by atoms with Crippen molar-refractivity contribution < 1.29 is 9.84 Å². The fraction of sp³-hybridized carbons (Fsp3) is 0.450. The quantitative estimate of drug-likeness (QED) is 0.884. The third-order valence-corrected chi connectivity index (χ3v) is 4.52. The zero-order valence-electron chi connectivity index (χ0n) is 14.3. The van der Waals surface area contributed by atoms with Gasteiger partial charge in [-0.3, -0.25) is 9.88 Å². The molecule has 2 aromatic rings. The molecule has 4 nitrogen and oxygen atoms in total. The van der Waals surface area contributed by atoms with E-state index in [1.165, 1.54) is 5.56 Å². The molecule has 2 heterocycles. The Kier molecular flexibility index (Phi) is 5.48. The van der Waals surface area contributed by atoms with E-state index in [1.807, 2.05) is 12.1 Å². The Balaban J connectivity index is 1.72. The number of likely N-dealkylation sites (tertiary alicyclic amines) is 1. The highest BCUT2D eigenvalue weighted by Gasteiger charge is 2.35. The highest BCUT2D eigenvalue weighted by molar-refractivity contribution is 5.29. The summed E-state index contributed by atoms with van der Waals surface area (Å²) in [6.45, 7) is 5.25. The number of ether oxygens (including phenoxy) is 1. The first-order valence-electron chi connectivity index (χ1n) is 8.76. The van der Waals surface area contributed by atoms with E-state index in [9.17, 15) is 5.11 Å². The molecule has 0 saturated carbocycles. The van der Waals surface area contributed by atoms with Gasteiger partial charge in [-0.1, -0.05) is 37.3 Å². The first-order chi connectivity index (χ1) is 11.7. The number of nitrogens with zero attached hydrogens (tertiary/aromatic N) is 2. The number of benzene rings is 1. The van der Waals surface area contributed by atoms with Crippen molar-refractivity contribution in [2.24, 2.45) is 0 Å². The Bertz CT molecular complexity index is 647. The number of β-amino-alcohol motifs (C(OH)–C–C–N with tert-alkyl or cyclic N) is 1. The monoisotopic (exact) mass is 326 g/mol. The second-order valence-electron chi connectivity index (χ2n) is 6.59. The summed E-state index contributed by atoms with van der Waals surface area (Å²) in [6, 6.07) is 12.4. The van der Waals surface area contributed by atoms with Gasteiger partial charge in [0.05, 0.1) is 12.8 Å². The van der Waals surface area contributed by atoms with E-state index in [0.29, 0.717) is 13.2 Å². The Morgan fingerprint density at radius 3 is 2.88 bits per heavy atom. The van der Waals surface area contributed by atoms with E-state index in [0.717, 1.165) is 43.7 Å². The summed E-state index contributed by atoms with van der Waals surface area (Å²) in [5.41, 5.74) is 1.28. The van der Waals surface area contributed by atoms with Crippen molar-refractivity contribution in [3.63, 3.8) is 0 Å². The average Bonchev–Trinajstić information content (AvgIpc) is 2.61. The van der Waals surface area contributed by atoms with Gasteiger partial charge >= 0.3 is 0 Å². The van der Waals surface area contributed by atoms with Crippen molar-refractivity contribution in [1.29, 1.82) is 0 Å². The van der Waals surface area contributed by atoms with Crippen LogP contribution in [0.4, 0.5) is 0 Å². The van der Waals surface area contributed by atoms with Gasteiger partial charge in [0.1, 0.15) is 11.4 Å². The molecule has 1 saturated heterocycles. The minimum Gasteiger partial charge on any atom is -0.492 e. The number of aromatic nitrogens is 1. The average molecular weight is 326 g/mol. The van der Waals surface area contributed by atoms with Crippen molar-refractivity contribution in [1.82, 2.24) is 9.88 Å². The number of hydrogen-bond acceptors (Lipinski definition) is 4. The van der Waals surface area contributed by atoms with Crippen LogP contribution in [0, 0.1) is 0 Å². The van der Waals surface area contributed by atoms with E-state index >= 15 is 0 Å². The summed E-state index contributed by atoms with van der Waals surface area (Å²) < 4.78 is 5.67. The lowest BCUT2D eigenvalue weighted by atomic mass is 9.86. The molecule has 0 aliphatic carbocycles. The summed E-state index contributed by atoms with van der Waals surface area (Å²) in [5.74, 6) is 0.739. The van der Waals surface area contributed by atoms with Crippen LogP contribution in [0.5, 0.6) is 5.75 Å². The molecule has 1 fully saturated rings. The molecule has 0 spiro atoms. The molecule has 3 rings (SSSR count). The molecule has 1 N–H and O–H groups in total. The third-order valence-electron chi connectivity index (χ3n) is 4.52. The number of rotatable bonds is 6. The normalized spacial score (nSPS) is 21.6. The van der Waals surface area contributed by atoms with Crippen molar-refractivity contribution in [2.45, 2.75) is 38.3 Å². The predicted octanol–water partition coefficient (Wildman–Crippen LogP) is 3.35. The zero-order chi connectivity index (χ0) is 16.8. The molecule has 0 amide bonds. The second-order valence-corrected chi connectivity index (χ2v) is 6.59. The SMILES string of the molecule is CCCOc1cncc(C2(O)CCCN(Cc3ccccc3)C2)c1. The Labute approximate surface area is 144 Å². The van der Waals surface area contributed by atoms with Gasteiger partial charge in [-0.05, 0) is 37.4 Å². The van der Waals surface area contributed by atoms with Crippen molar-refractivity contribution in [3.05, 3.63) is 59.9 Å². The topological polar surface area (TPSA) is 45.6 Å². The minimum atomic E-state index is -0.856. The zero-order valence-corrected chi connectivity index (χ0v) is 14.3. The Morgan fingerprint density at radius 1 is 1.25 bits per heavy atom. The second kappa shape index (κ2) is 7.77. The van der Waals surface area contributed by atoms with Crippen LogP contribution in [-0.4, -0.2) is 34.7 Å². The first kappa shape index (κ1) is 16.9. The summed E-state index contributed by atoms with van der Waals surface area (Å²) in [6.07, 6.45) is 6.18. The summed E-state index contributed by atoms with van der Waals surface area (Å²) in [4.78, 5) is 6.58. The van der Waals surface area contributed by atoms with Crippen LogP contribution < -0.4 is 4.74 Å². The van der Waals surface area contributed by atoms with Gasteiger partial charge in [0.15, 0.2) is 0 Å². The number of piperidine rings is 1. The molecule has 24 heavy (non-hydrogen) atoms. The van der Waals surface area contributed by atoms with Crippen molar-refractivity contribution >= 4 is 0 Å². The molecule has 4 heteroatoms. The number of aliphatic hydroxyl groups is 1. The predicted molar refractivity (Wildman–Crippen MR) is 94.9 cm³/mol. The fourth-order valence-electron chi connectivity index (χ4n) is 3.31. The molecular weight excluding hydrogens is 300 g/mol. The lowest BCUT2D eigenvalue weighted by Gasteiger charge is -2.39. The molecule has 1 unspecified atom stereocenters. The smallest absolute Gasteiger partial charge is 0.137 e. The maximum absolute atomic E-state index is 11.2. The van der Waals surface area contributed by atoms with E-state index in [4.69, 9.17) is 4.74 Å². The van der Waals surface area contributed by atoms with Crippen LogP contribution in [0.3, 0.4) is 0 Å². The minimum absolute atomic E-state index is 0.626. The van der Waals surface area contributed by atoms with Crippen LogP contribution in [0.25, 0.3) is 0 Å². The molecule has 1 atom stereocenters. The highest BCUT2D eigenvalue weighted by atomic mass is 16.5. The molecule has 1 aliphatic rings. The summed E-state index contributed by atoms with van der Waals surface area (Å²) >= 11 is 0. The largest absolute Gasteiger partial charge is 0.492 e. The van der Waals surface area contributed by atoms with Crippen LogP contribution in [0.1, 0.15) is 37.3 Å². The van der Waals surface area contributed by atoms with E-state index < -0.39 is 5.60 Å². The van der Waals surface area contributed by atoms with Gasteiger partial charge in [-0.2, -0.15) is 0 Å². The lowest BCUT2D eigenvalue weighted by Crippen LogP contribution is -2.45.